The zero-order valence-electron chi connectivity index (χ0n) is 9.76. The zero-order chi connectivity index (χ0) is 14.0. The number of nitro groups is 1. The summed E-state index contributed by atoms with van der Waals surface area (Å²) < 4.78 is 31.9. The maximum atomic E-state index is 13.6. The molecule has 2 rings (SSSR count). The Kier molecular flexibility index (Phi) is 3.41. The molecule has 0 saturated carbocycles. The van der Waals surface area contributed by atoms with Crippen LogP contribution in [-0.4, -0.2) is 10.1 Å². The van der Waals surface area contributed by atoms with Gasteiger partial charge in [0.05, 0.1) is 23.1 Å². The molecule has 0 saturated heterocycles. The molecule has 2 aromatic rings. The minimum absolute atomic E-state index is 0.443. The molecule has 0 radical (unpaired) electrons. The van der Waals surface area contributed by atoms with Crippen molar-refractivity contribution in [3.8, 4) is 0 Å². The van der Waals surface area contributed by atoms with E-state index < -0.39 is 34.0 Å². The van der Waals surface area contributed by atoms with Crippen LogP contribution in [0.25, 0.3) is 0 Å². The topological polar surface area (TPSA) is 81.2 Å². The quantitative estimate of drug-likeness (QED) is 0.681. The number of nitro benzene ring substituents is 1. The molecule has 0 aliphatic carbocycles. The standard InChI is InChI=1S/C11H9F2N3O3/c1-6(10-2-3-19-15-10)14-11-8(12)4-7(16(17)18)5-9(11)13/h2-6,14H,1H3/t6-/m0/s1. The van der Waals surface area contributed by atoms with Gasteiger partial charge in [-0.05, 0) is 6.92 Å². The van der Waals surface area contributed by atoms with E-state index in [2.05, 4.69) is 15.0 Å². The maximum absolute atomic E-state index is 13.6. The second-order valence-corrected chi connectivity index (χ2v) is 3.83. The molecule has 0 spiro atoms. The summed E-state index contributed by atoms with van der Waals surface area (Å²) in [6, 6.07) is 2.34. The van der Waals surface area contributed by atoms with Crippen LogP contribution in [0.2, 0.25) is 0 Å². The highest BCUT2D eigenvalue weighted by Crippen LogP contribution is 2.27. The Hall–Kier alpha value is -2.51. The molecular formula is C11H9F2N3O3. The normalized spacial score (nSPS) is 12.2. The molecule has 1 aromatic heterocycles. The summed E-state index contributed by atoms with van der Waals surface area (Å²) in [5.74, 6) is -2.08. The number of rotatable bonds is 4. The van der Waals surface area contributed by atoms with Gasteiger partial charge < -0.3 is 9.84 Å². The van der Waals surface area contributed by atoms with Crippen molar-refractivity contribution in [3.63, 3.8) is 0 Å². The summed E-state index contributed by atoms with van der Waals surface area (Å²) in [7, 11) is 0. The summed E-state index contributed by atoms with van der Waals surface area (Å²) in [5, 5.41) is 16.6. The summed E-state index contributed by atoms with van der Waals surface area (Å²) in [4.78, 5) is 9.59. The molecule has 0 unspecified atom stereocenters. The molecule has 0 aliphatic heterocycles. The van der Waals surface area contributed by atoms with Crippen LogP contribution in [0.3, 0.4) is 0 Å². The minimum atomic E-state index is -1.04. The Morgan fingerprint density at radius 3 is 2.53 bits per heavy atom. The van der Waals surface area contributed by atoms with E-state index >= 15 is 0 Å². The Morgan fingerprint density at radius 1 is 1.42 bits per heavy atom. The molecule has 1 aromatic carbocycles. The average Bonchev–Trinajstić information content (AvgIpc) is 2.86. The molecule has 8 heteroatoms. The van der Waals surface area contributed by atoms with Crippen molar-refractivity contribution in [2.75, 3.05) is 5.32 Å². The van der Waals surface area contributed by atoms with Crippen molar-refractivity contribution in [1.82, 2.24) is 5.16 Å². The molecule has 0 amide bonds. The van der Waals surface area contributed by atoms with Crippen LogP contribution in [0, 0.1) is 21.7 Å². The van der Waals surface area contributed by atoms with E-state index in [1.54, 1.807) is 13.0 Å². The van der Waals surface area contributed by atoms with Crippen molar-refractivity contribution < 1.29 is 18.2 Å². The number of hydrogen-bond acceptors (Lipinski definition) is 5. The number of nitrogens with one attached hydrogen (secondary N) is 1. The third-order valence-electron chi connectivity index (χ3n) is 2.50. The number of benzene rings is 1. The first kappa shape index (κ1) is 12.9. The van der Waals surface area contributed by atoms with Gasteiger partial charge in [0.15, 0.2) is 11.6 Å². The van der Waals surface area contributed by atoms with Gasteiger partial charge in [0.2, 0.25) is 0 Å². The zero-order valence-corrected chi connectivity index (χ0v) is 9.76. The summed E-state index contributed by atoms with van der Waals surface area (Å²) in [6.45, 7) is 1.62. The van der Waals surface area contributed by atoms with Crippen molar-refractivity contribution in [1.29, 1.82) is 0 Å². The van der Waals surface area contributed by atoms with E-state index in [9.17, 15) is 18.9 Å². The Balaban J connectivity index is 2.28. The molecule has 0 aliphatic rings. The fourth-order valence-corrected chi connectivity index (χ4v) is 1.54. The van der Waals surface area contributed by atoms with E-state index in [1.807, 2.05) is 0 Å². The first-order valence-electron chi connectivity index (χ1n) is 5.29. The van der Waals surface area contributed by atoms with Gasteiger partial charge in [0.25, 0.3) is 5.69 Å². The van der Waals surface area contributed by atoms with Gasteiger partial charge in [0.1, 0.15) is 17.6 Å². The molecular weight excluding hydrogens is 260 g/mol. The number of hydrogen-bond donors (Lipinski definition) is 1. The van der Waals surface area contributed by atoms with Gasteiger partial charge in [-0.25, -0.2) is 8.78 Å². The van der Waals surface area contributed by atoms with Gasteiger partial charge in [0, 0.05) is 6.07 Å². The minimum Gasteiger partial charge on any atom is -0.372 e. The molecule has 0 fully saturated rings. The predicted molar refractivity (Wildman–Crippen MR) is 61.6 cm³/mol. The Bertz CT molecular complexity index is 578. The first-order chi connectivity index (χ1) is 8.99. The smallest absolute Gasteiger partial charge is 0.275 e. The molecule has 6 nitrogen and oxygen atoms in total. The van der Waals surface area contributed by atoms with Gasteiger partial charge in [-0.2, -0.15) is 0 Å². The average molecular weight is 269 g/mol. The SMILES string of the molecule is C[C@H](Nc1c(F)cc([N+](=O)[O-])cc1F)c1ccon1. The van der Waals surface area contributed by atoms with Gasteiger partial charge in [-0.3, -0.25) is 10.1 Å². The molecule has 100 valence electrons. The van der Waals surface area contributed by atoms with Crippen LogP contribution in [0.5, 0.6) is 0 Å². The molecule has 1 N–H and O–H groups in total. The van der Waals surface area contributed by atoms with E-state index in [0.717, 1.165) is 0 Å². The molecule has 1 heterocycles. The highest BCUT2D eigenvalue weighted by atomic mass is 19.1. The monoisotopic (exact) mass is 269 g/mol. The fourth-order valence-electron chi connectivity index (χ4n) is 1.54. The summed E-state index contributed by atoms with van der Waals surface area (Å²) >= 11 is 0. The lowest BCUT2D eigenvalue weighted by atomic mass is 10.2. The van der Waals surface area contributed by atoms with Crippen LogP contribution in [0.15, 0.2) is 29.0 Å². The maximum Gasteiger partial charge on any atom is 0.275 e. The number of anilines is 1. The van der Waals surface area contributed by atoms with E-state index in [0.29, 0.717) is 17.8 Å². The lowest BCUT2D eigenvalue weighted by molar-refractivity contribution is -0.385. The number of halogens is 2. The summed E-state index contributed by atoms with van der Waals surface area (Å²) in [5.41, 5.74) is -0.632. The van der Waals surface area contributed by atoms with Crippen LogP contribution in [-0.2, 0) is 0 Å². The molecule has 1 atom stereocenters. The van der Waals surface area contributed by atoms with Crippen molar-refractivity contribution in [2.45, 2.75) is 13.0 Å². The Morgan fingerprint density at radius 2 is 2.05 bits per heavy atom. The van der Waals surface area contributed by atoms with E-state index in [1.165, 1.54) is 6.26 Å². The van der Waals surface area contributed by atoms with Crippen molar-refractivity contribution in [2.24, 2.45) is 0 Å². The lowest BCUT2D eigenvalue weighted by Gasteiger charge is -2.13. The third kappa shape index (κ3) is 2.67. The molecule has 0 bridgehead atoms. The van der Waals surface area contributed by atoms with Gasteiger partial charge >= 0.3 is 0 Å². The van der Waals surface area contributed by atoms with Crippen molar-refractivity contribution in [3.05, 3.63) is 51.9 Å². The highest BCUT2D eigenvalue weighted by molar-refractivity contribution is 5.52. The lowest BCUT2D eigenvalue weighted by Crippen LogP contribution is -2.10. The van der Waals surface area contributed by atoms with Gasteiger partial charge in [-0.1, -0.05) is 5.16 Å². The molecule has 19 heavy (non-hydrogen) atoms. The second-order valence-electron chi connectivity index (χ2n) is 3.83. The largest absolute Gasteiger partial charge is 0.372 e. The van der Waals surface area contributed by atoms with Crippen LogP contribution >= 0.6 is 0 Å². The van der Waals surface area contributed by atoms with E-state index in [-0.39, 0.29) is 0 Å². The number of aromatic nitrogens is 1. The predicted octanol–water partition coefficient (Wildman–Crippen LogP) is 3.03. The van der Waals surface area contributed by atoms with E-state index in [4.69, 9.17) is 0 Å². The van der Waals surface area contributed by atoms with Gasteiger partial charge in [-0.15, -0.1) is 0 Å². The number of nitrogens with zero attached hydrogens (tertiary/aromatic N) is 2. The first-order valence-corrected chi connectivity index (χ1v) is 5.29. The Labute approximate surface area is 106 Å². The third-order valence-corrected chi connectivity index (χ3v) is 2.50. The summed E-state index contributed by atoms with van der Waals surface area (Å²) in [6.07, 6.45) is 1.33. The van der Waals surface area contributed by atoms with Crippen LogP contribution in [0.1, 0.15) is 18.7 Å². The number of non-ortho nitro benzene ring substituents is 1. The van der Waals surface area contributed by atoms with Crippen LogP contribution in [0.4, 0.5) is 20.2 Å². The van der Waals surface area contributed by atoms with Crippen LogP contribution < -0.4 is 5.32 Å². The van der Waals surface area contributed by atoms with Crippen molar-refractivity contribution >= 4 is 11.4 Å². The fraction of sp³-hybridized carbons (Fsp3) is 0.182. The second kappa shape index (κ2) is 5.01. The highest BCUT2D eigenvalue weighted by Gasteiger charge is 2.19.